The lowest BCUT2D eigenvalue weighted by molar-refractivity contribution is 0.0187. The molecule has 3 rings (SSSR count). The molecule has 1 saturated heterocycles. The van der Waals surface area contributed by atoms with Crippen LogP contribution in [0.5, 0.6) is 5.75 Å². The van der Waals surface area contributed by atoms with Gasteiger partial charge < -0.3 is 10.1 Å². The Morgan fingerprint density at radius 2 is 2.11 bits per heavy atom. The van der Waals surface area contributed by atoms with Gasteiger partial charge in [0.05, 0.1) is 12.0 Å². The van der Waals surface area contributed by atoms with Crippen LogP contribution in [0.15, 0.2) is 18.2 Å². The Kier molecular flexibility index (Phi) is 3.16. The highest BCUT2D eigenvalue weighted by Gasteiger charge is 2.41. The molecule has 0 aliphatic carbocycles. The van der Waals surface area contributed by atoms with Crippen molar-refractivity contribution in [2.45, 2.75) is 30.2 Å². The summed E-state index contributed by atoms with van der Waals surface area (Å²) in [6.45, 7) is 1.87. The minimum atomic E-state index is -0.259. The van der Waals surface area contributed by atoms with Gasteiger partial charge in [-0.25, -0.2) is 0 Å². The largest absolute Gasteiger partial charge is 0.486 e. The van der Waals surface area contributed by atoms with Crippen LogP contribution in [0.4, 0.5) is 0 Å². The van der Waals surface area contributed by atoms with Crippen LogP contribution in [0.25, 0.3) is 0 Å². The van der Waals surface area contributed by atoms with E-state index in [9.17, 15) is 4.79 Å². The molecule has 1 N–H and O–H groups in total. The number of halogens is 1. The molecule has 1 aromatic rings. The van der Waals surface area contributed by atoms with E-state index < -0.39 is 0 Å². The van der Waals surface area contributed by atoms with E-state index >= 15 is 0 Å². The van der Waals surface area contributed by atoms with Crippen LogP contribution in [0.2, 0.25) is 0 Å². The lowest BCUT2D eigenvalue weighted by atomic mass is 9.83. The van der Waals surface area contributed by atoms with Crippen molar-refractivity contribution in [3.05, 3.63) is 29.3 Å². The van der Waals surface area contributed by atoms with Crippen LogP contribution in [0.3, 0.4) is 0 Å². The number of ketones is 1. The average molecular weight is 310 g/mol. The molecule has 0 radical (unpaired) electrons. The number of ether oxygens (including phenoxy) is 1. The van der Waals surface area contributed by atoms with Gasteiger partial charge in [0.25, 0.3) is 0 Å². The Morgan fingerprint density at radius 1 is 1.33 bits per heavy atom. The summed E-state index contributed by atoms with van der Waals surface area (Å²) < 4.78 is 6.15. The lowest BCUT2D eigenvalue weighted by Crippen LogP contribution is -2.49. The molecular weight excluding hydrogens is 294 g/mol. The normalized spacial score (nSPS) is 21.5. The molecule has 0 aromatic heterocycles. The van der Waals surface area contributed by atoms with Crippen LogP contribution < -0.4 is 10.1 Å². The third-order valence-corrected chi connectivity index (χ3v) is 4.47. The Balaban J connectivity index is 1.95. The number of piperidine rings is 1. The van der Waals surface area contributed by atoms with E-state index in [0.29, 0.717) is 6.42 Å². The number of fused-ring (bicyclic) bond motifs is 1. The van der Waals surface area contributed by atoms with E-state index in [-0.39, 0.29) is 11.4 Å². The molecule has 96 valence electrons. The quantitative estimate of drug-likeness (QED) is 0.811. The molecule has 0 bridgehead atoms. The molecular formula is C14H16BrNO2. The van der Waals surface area contributed by atoms with Crippen molar-refractivity contribution in [1.82, 2.24) is 5.32 Å². The second kappa shape index (κ2) is 4.67. The number of hydrogen-bond acceptors (Lipinski definition) is 3. The Bertz CT molecular complexity index is 481. The topological polar surface area (TPSA) is 38.3 Å². The van der Waals surface area contributed by atoms with Crippen LogP contribution >= 0.6 is 15.9 Å². The molecule has 1 aromatic carbocycles. The van der Waals surface area contributed by atoms with Crippen molar-refractivity contribution in [3.63, 3.8) is 0 Å². The van der Waals surface area contributed by atoms with Gasteiger partial charge in [0.15, 0.2) is 5.78 Å². The summed E-state index contributed by atoms with van der Waals surface area (Å²) in [4.78, 5) is 12.3. The van der Waals surface area contributed by atoms with E-state index in [2.05, 4.69) is 21.2 Å². The molecule has 2 aliphatic heterocycles. The second-order valence-corrected chi connectivity index (χ2v) is 5.66. The predicted octanol–water partition coefficient (Wildman–Crippen LogP) is 2.67. The van der Waals surface area contributed by atoms with Crippen molar-refractivity contribution in [2.75, 3.05) is 13.1 Å². The summed E-state index contributed by atoms with van der Waals surface area (Å²) in [5.74, 6) is 0.985. The van der Waals surface area contributed by atoms with Gasteiger partial charge in [-0.1, -0.05) is 22.0 Å². The second-order valence-electron chi connectivity index (χ2n) is 5.10. The highest BCUT2D eigenvalue weighted by atomic mass is 79.9. The first-order valence-electron chi connectivity index (χ1n) is 6.34. The Labute approximate surface area is 115 Å². The summed E-state index contributed by atoms with van der Waals surface area (Å²) >= 11 is 3.41. The Hall–Kier alpha value is -0.870. The first-order chi connectivity index (χ1) is 8.72. The highest BCUT2D eigenvalue weighted by Crippen LogP contribution is 2.38. The first-order valence-corrected chi connectivity index (χ1v) is 7.46. The molecule has 2 heterocycles. The lowest BCUT2D eigenvalue weighted by Gasteiger charge is -2.40. The number of hydrogen-bond donors (Lipinski definition) is 1. The first kappa shape index (κ1) is 12.2. The summed E-state index contributed by atoms with van der Waals surface area (Å²) in [6, 6.07) is 5.90. The van der Waals surface area contributed by atoms with Crippen molar-refractivity contribution in [1.29, 1.82) is 0 Å². The van der Waals surface area contributed by atoms with E-state index in [0.717, 1.165) is 48.1 Å². The SMILES string of the molecule is O=C1CC2(CCNCC2)Oc2ccc(CBr)cc21. The van der Waals surface area contributed by atoms with Crippen molar-refractivity contribution < 1.29 is 9.53 Å². The number of alkyl halides is 1. The number of carbonyl (C=O) groups excluding carboxylic acids is 1. The van der Waals surface area contributed by atoms with Gasteiger partial charge in [-0.05, 0) is 30.8 Å². The summed E-state index contributed by atoms with van der Waals surface area (Å²) in [7, 11) is 0. The fourth-order valence-corrected chi connectivity index (χ4v) is 3.13. The molecule has 4 heteroatoms. The number of nitrogens with one attached hydrogen (secondary N) is 1. The number of Topliss-reactive ketones (excluding diaryl/α,β-unsaturated/α-hetero) is 1. The Morgan fingerprint density at radius 3 is 2.83 bits per heavy atom. The summed E-state index contributed by atoms with van der Waals surface area (Å²) in [5.41, 5.74) is 1.61. The maximum absolute atomic E-state index is 12.3. The number of rotatable bonds is 1. The van der Waals surface area contributed by atoms with Crippen molar-refractivity contribution >= 4 is 21.7 Å². The highest BCUT2D eigenvalue weighted by molar-refractivity contribution is 9.08. The van der Waals surface area contributed by atoms with E-state index in [1.54, 1.807) is 0 Å². The molecule has 0 amide bonds. The van der Waals surface area contributed by atoms with Gasteiger partial charge in [-0.2, -0.15) is 0 Å². The summed E-state index contributed by atoms with van der Waals surface area (Å²) in [5, 5.41) is 4.08. The molecule has 0 atom stereocenters. The third-order valence-electron chi connectivity index (χ3n) is 3.82. The molecule has 1 spiro atoms. The summed E-state index contributed by atoms with van der Waals surface area (Å²) in [6.07, 6.45) is 2.35. The smallest absolute Gasteiger partial charge is 0.170 e. The zero-order valence-electron chi connectivity index (χ0n) is 10.2. The van der Waals surface area contributed by atoms with Gasteiger partial charge >= 0.3 is 0 Å². The monoisotopic (exact) mass is 309 g/mol. The van der Waals surface area contributed by atoms with Crippen LogP contribution in [-0.4, -0.2) is 24.5 Å². The van der Waals surface area contributed by atoms with E-state index in [4.69, 9.17) is 4.74 Å². The van der Waals surface area contributed by atoms with E-state index in [1.165, 1.54) is 0 Å². The number of benzene rings is 1. The van der Waals surface area contributed by atoms with Crippen molar-refractivity contribution in [3.8, 4) is 5.75 Å². The van der Waals surface area contributed by atoms with Gasteiger partial charge in [0.2, 0.25) is 0 Å². The van der Waals surface area contributed by atoms with E-state index in [1.807, 2.05) is 18.2 Å². The molecule has 0 saturated carbocycles. The molecule has 0 unspecified atom stereocenters. The standard InChI is InChI=1S/C14H16BrNO2/c15-9-10-1-2-13-11(7-10)12(17)8-14(18-13)3-5-16-6-4-14/h1-2,7,16H,3-6,8-9H2. The third kappa shape index (κ3) is 2.08. The fraction of sp³-hybridized carbons (Fsp3) is 0.500. The van der Waals surface area contributed by atoms with Gasteiger partial charge in [-0.3, -0.25) is 4.79 Å². The zero-order valence-corrected chi connectivity index (χ0v) is 11.8. The van der Waals surface area contributed by atoms with Gasteiger partial charge in [0, 0.05) is 18.2 Å². The maximum Gasteiger partial charge on any atom is 0.170 e. The average Bonchev–Trinajstić information content (AvgIpc) is 2.39. The van der Waals surface area contributed by atoms with Crippen LogP contribution in [-0.2, 0) is 5.33 Å². The molecule has 1 fully saturated rings. The fourth-order valence-electron chi connectivity index (χ4n) is 2.79. The number of carbonyl (C=O) groups is 1. The zero-order chi connectivity index (χ0) is 12.6. The van der Waals surface area contributed by atoms with Crippen LogP contribution in [0.1, 0.15) is 35.2 Å². The van der Waals surface area contributed by atoms with Crippen LogP contribution in [0, 0.1) is 0 Å². The molecule has 18 heavy (non-hydrogen) atoms. The minimum Gasteiger partial charge on any atom is -0.486 e. The molecule has 3 nitrogen and oxygen atoms in total. The van der Waals surface area contributed by atoms with Gasteiger partial charge in [0.1, 0.15) is 11.4 Å². The minimum absolute atomic E-state index is 0.223. The predicted molar refractivity (Wildman–Crippen MR) is 73.5 cm³/mol. The van der Waals surface area contributed by atoms with Gasteiger partial charge in [-0.15, -0.1) is 0 Å². The maximum atomic E-state index is 12.3. The molecule has 2 aliphatic rings. The van der Waals surface area contributed by atoms with Crippen molar-refractivity contribution in [2.24, 2.45) is 0 Å².